The summed E-state index contributed by atoms with van der Waals surface area (Å²) in [6.07, 6.45) is 2.66. The summed E-state index contributed by atoms with van der Waals surface area (Å²) in [5, 5.41) is 11.2. The van der Waals surface area contributed by atoms with Crippen molar-refractivity contribution in [3.05, 3.63) is 54.1 Å². The molecule has 8 heteroatoms. The van der Waals surface area contributed by atoms with Crippen LogP contribution in [0.25, 0.3) is 6.08 Å². The number of carbonyl (C=O) groups is 2. The first kappa shape index (κ1) is 19.8. The highest BCUT2D eigenvalue weighted by Gasteiger charge is 2.09. The molecule has 0 saturated carbocycles. The summed E-state index contributed by atoms with van der Waals surface area (Å²) < 4.78 is 15.8. The summed E-state index contributed by atoms with van der Waals surface area (Å²) >= 11 is 0. The molecule has 2 aromatic rings. The third kappa shape index (κ3) is 6.05. The van der Waals surface area contributed by atoms with Gasteiger partial charge in [0.15, 0.2) is 18.1 Å². The van der Waals surface area contributed by atoms with Crippen molar-refractivity contribution in [2.75, 3.05) is 26.1 Å². The monoisotopic (exact) mass is 372 g/mol. The minimum Gasteiger partial charge on any atom is -0.497 e. The third-order valence-electron chi connectivity index (χ3n) is 3.46. The van der Waals surface area contributed by atoms with E-state index in [0.29, 0.717) is 28.5 Å². The van der Waals surface area contributed by atoms with Crippen molar-refractivity contribution >= 4 is 23.6 Å². The lowest BCUT2D eigenvalue weighted by Gasteiger charge is -2.11. The number of hydroxylamine groups is 1. The SMILES string of the molecule is COc1ccc(NC(=O)COc2ccc(/C=C/C(=O)NO)cc2OC)cc1. The summed E-state index contributed by atoms with van der Waals surface area (Å²) in [5.41, 5.74) is 2.78. The van der Waals surface area contributed by atoms with Gasteiger partial charge in [0.1, 0.15) is 5.75 Å². The maximum absolute atomic E-state index is 12.0. The van der Waals surface area contributed by atoms with Crippen LogP contribution in [0, 0.1) is 0 Å². The summed E-state index contributed by atoms with van der Waals surface area (Å²) in [5.74, 6) is 0.500. The average molecular weight is 372 g/mol. The molecule has 0 saturated heterocycles. The van der Waals surface area contributed by atoms with Crippen LogP contribution < -0.4 is 25.0 Å². The lowest BCUT2D eigenvalue weighted by Crippen LogP contribution is -2.20. The fourth-order valence-electron chi connectivity index (χ4n) is 2.13. The molecule has 27 heavy (non-hydrogen) atoms. The number of benzene rings is 2. The fraction of sp³-hybridized carbons (Fsp3) is 0.158. The smallest absolute Gasteiger partial charge is 0.267 e. The molecule has 0 radical (unpaired) electrons. The number of amides is 2. The Labute approximate surface area is 156 Å². The van der Waals surface area contributed by atoms with Gasteiger partial charge in [0.05, 0.1) is 14.2 Å². The van der Waals surface area contributed by atoms with E-state index in [2.05, 4.69) is 5.32 Å². The van der Waals surface area contributed by atoms with Crippen LogP contribution in [0.15, 0.2) is 48.5 Å². The Morgan fingerprint density at radius 1 is 1.04 bits per heavy atom. The molecule has 0 aliphatic rings. The lowest BCUT2D eigenvalue weighted by molar-refractivity contribution is -0.124. The third-order valence-corrected chi connectivity index (χ3v) is 3.46. The second-order valence-electron chi connectivity index (χ2n) is 5.29. The van der Waals surface area contributed by atoms with Crippen LogP contribution in [0.1, 0.15) is 5.56 Å². The van der Waals surface area contributed by atoms with Gasteiger partial charge >= 0.3 is 0 Å². The number of carbonyl (C=O) groups excluding carboxylic acids is 2. The maximum Gasteiger partial charge on any atom is 0.267 e. The molecule has 8 nitrogen and oxygen atoms in total. The van der Waals surface area contributed by atoms with Crippen molar-refractivity contribution in [2.45, 2.75) is 0 Å². The zero-order valence-electron chi connectivity index (χ0n) is 14.9. The number of anilines is 1. The Balaban J connectivity index is 1.96. The normalized spacial score (nSPS) is 10.3. The Morgan fingerprint density at radius 3 is 2.41 bits per heavy atom. The summed E-state index contributed by atoms with van der Waals surface area (Å²) in [7, 11) is 3.03. The molecule has 2 rings (SSSR count). The van der Waals surface area contributed by atoms with Crippen LogP contribution in [0.4, 0.5) is 5.69 Å². The summed E-state index contributed by atoms with van der Waals surface area (Å²) in [6, 6.07) is 11.9. The molecule has 0 spiro atoms. The van der Waals surface area contributed by atoms with E-state index in [9.17, 15) is 9.59 Å². The maximum atomic E-state index is 12.0. The van der Waals surface area contributed by atoms with Crippen molar-refractivity contribution in [3.8, 4) is 17.2 Å². The van der Waals surface area contributed by atoms with E-state index >= 15 is 0 Å². The first-order valence-corrected chi connectivity index (χ1v) is 7.92. The standard InChI is InChI=1S/C19H20N2O6/c1-25-15-7-5-14(6-8-15)20-19(23)12-27-16-9-3-13(11-17(16)26-2)4-10-18(22)21-24/h3-11,24H,12H2,1-2H3,(H,20,23)(H,21,22)/b10-4+. The van der Waals surface area contributed by atoms with Crippen LogP contribution >= 0.6 is 0 Å². The zero-order chi connectivity index (χ0) is 19.6. The largest absolute Gasteiger partial charge is 0.497 e. The van der Waals surface area contributed by atoms with Gasteiger partial charge in [-0.15, -0.1) is 0 Å². The molecule has 0 atom stereocenters. The van der Waals surface area contributed by atoms with E-state index in [1.165, 1.54) is 18.7 Å². The van der Waals surface area contributed by atoms with E-state index in [-0.39, 0.29) is 12.5 Å². The molecular formula is C19H20N2O6. The molecule has 2 amide bonds. The quantitative estimate of drug-likeness (QED) is 0.373. The molecule has 3 N–H and O–H groups in total. The molecule has 0 aliphatic carbocycles. The Bertz CT molecular complexity index is 817. The lowest BCUT2D eigenvalue weighted by atomic mass is 10.2. The van der Waals surface area contributed by atoms with Crippen LogP contribution in [0.2, 0.25) is 0 Å². The fourth-order valence-corrected chi connectivity index (χ4v) is 2.13. The molecule has 0 aromatic heterocycles. The number of nitrogens with one attached hydrogen (secondary N) is 2. The minimum absolute atomic E-state index is 0.204. The van der Waals surface area contributed by atoms with Crippen molar-refractivity contribution < 1.29 is 29.0 Å². The molecule has 0 unspecified atom stereocenters. The Morgan fingerprint density at radius 2 is 1.78 bits per heavy atom. The van der Waals surface area contributed by atoms with Gasteiger partial charge in [-0.3, -0.25) is 14.8 Å². The molecule has 142 valence electrons. The highest BCUT2D eigenvalue weighted by molar-refractivity contribution is 5.92. The van der Waals surface area contributed by atoms with Crippen LogP contribution in [0.3, 0.4) is 0 Å². The molecule has 0 bridgehead atoms. The predicted molar refractivity (Wildman–Crippen MR) is 99.1 cm³/mol. The van der Waals surface area contributed by atoms with Gasteiger partial charge < -0.3 is 19.5 Å². The van der Waals surface area contributed by atoms with Crippen LogP contribution in [-0.2, 0) is 9.59 Å². The highest BCUT2D eigenvalue weighted by atomic mass is 16.5. The Kier molecular flexibility index (Phi) is 7.21. The summed E-state index contributed by atoms with van der Waals surface area (Å²) in [4.78, 5) is 23.0. The number of hydrogen-bond acceptors (Lipinski definition) is 6. The van der Waals surface area contributed by atoms with Gasteiger partial charge in [-0.1, -0.05) is 6.07 Å². The molecular weight excluding hydrogens is 352 g/mol. The average Bonchev–Trinajstić information content (AvgIpc) is 2.71. The molecule has 0 heterocycles. The minimum atomic E-state index is -0.649. The molecule has 0 aliphatic heterocycles. The topological polar surface area (TPSA) is 106 Å². The van der Waals surface area contributed by atoms with Gasteiger partial charge in [0.25, 0.3) is 11.8 Å². The van der Waals surface area contributed by atoms with E-state index in [1.807, 2.05) is 0 Å². The van der Waals surface area contributed by atoms with E-state index in [1.54, 1.807) is 49.6 Å². The van der Waals surface area contributed by atoms with Crippen molar-refractivity contribution in [1.29, 1.82) is 0 Å². The highest BCUT2D eigenvalue weighted by Crippen LogP contribution is 2.28. The van der Waals surface area contributed by atoms with Crippen LogP contribution in [0.5, 0.6) is 17.2 Å². The predicted octanol–water partition coefficient (Wildman–Crippen LogP) is 2.24. The van der Waals surface area contributed by atoms with Gasteiger partial charge in [0.2, 0.25) is 0 Å². The van der Waals surface area contributed by atoms with Crippen LogP contribution in [-0.4, -0.2) is 37.8 Å². The van der Waals surface area contributed by atoms with Gasteiger partial charge in [-0.25, -0.2) is 5.48 Å². The second kappa shape index (κ2) is 9.83. The van der Waals surface area contributed by atoms with E-state index in [0.717, 1.165) is 6.08 Å². The van der Waals surface area contributed by atoms with Crippen molar-refractivity contribution in [3.63, 3.8) is 0 Å². The zero-order valence-corrected chi connectivity index (χ0v) is 14.9. The second-order valence-corrected chi connectivity index (χ2v) is 5.29. The van der Waals surface area contributed by atoms with E-state index in [4.69, 9.17) is 19.4 Å². The first-order valence-electron chi connectivity index (χ1n) is 7.92. The number of ether oxygens (including phenoxy) is 3. The Hall–Kier alpha value is -3.52. The number of rotatable bonds is 8. The first-order chi connectivity index (χ1) is 13.0. The molecule has 2 aromatic carbocycles. The summed E-state index contributed by atoms with van der Waals surface area (Å²) in [6.45, 7) is -0.204. The number of methoxy groups -OCH3 is 2. The van der Waals surface area contributed by atoms with Gasteiger partial charge in [-0.2, -0.15) is 0 Å². The van der Waals surface area contributed by atoms with E-state index < -0.39 is 5.91 Å². The van der Waals surface area contributed by atoms with Crippen molar-refractivity contribution in [1.82, 2.24) is 5.48 Å². The molecule has 0 fully saturated rings. The van der Waals surface area contributed by atoms with Gasteiger partial charge in [0, 0.05) is 11.8 Å². The number of hydrogen-bond donors (Lipinski definition) is 3. The van der Waals surface area contributed by atoms with Gasteiger partial charge in [-0.05, 0) is 48.0 Å². The van der Waals surface area contributed by atoms with Crippen molar-refractivity contribution in [2.24, 2.45) is 0 Å².